The molecule has 0 unspecified atom stereocenters. The van der Waals surface area contributed by atoms with Crippen molar-refractivity contribution in [2.75, 3.05) is 0 Å². The van der Waals surface area contributed by atoms with E-state index in [4.69, 9.17) is 5.11 Å². The third kappa shape index (κ3) is 2.56. The molecule has 0 amide bonds. The van der Waals surface area contributed by atoms with E-state index in [1.54, 1.807) is 0 Å². The summed E-state index contributed by atoms with van der Waals surface area (Å²) in [6.45, 7) is -0.246. The predicted octanol–water partition coefficient (Wildman–Crippen LogP) is 3.35. The van der Waals surface area contributed by atoms with Crippen molar-refractivity contribution in [3.63, 3.8) is 0 Å². The highest BCUT2D eigenvalue weighted by Crippen LogP contribution is 2.35. The molecule has 3 nitrogen and oxygen atoms in total. The first-order valence-corrected chi connectivity index (χ1v) is 5.73. The molecule has 0 radical (unpaired) electrons. The summed E-state index contributed by atoms with van der Waals surface area (Å²) in [5.74, 6) is 0.275. The van der Waals surface area contributed by atoms with Crippen LogP contribution in [0.3, 0.4) is 0 Å². The van der Waals surface area contributed by atoms with Crippen molar-refractivity contribution in [2.45, 2.75) is 12.8 Å². The van der Waals surface area contributed by atoms with E-state index in [1.165, 1.54) is 12.3 Å². The Hall–Kier alpha value is -1.34. The number of benzene rings is 1. The molecule has 1 aromatic carbocycles. The fourth-order valence-electron chi connectivity index (χ4n) is 1.46. The maximum atomic E-state index is 12.6. The van der Waals surface area contributed by atoms with Crippen LogP contribution in [0.25, 0.3) is 11.4 Å². The smallest absolute Gasteiger partial charge is 0.390 e. The number of hydrogen-bond acceptors (Lipinski definition) is 2. The van der Waals surface area contributed by atoms with Crippen LogP contribution in [0.15, 0.2) is 28.9 Å². The molecule has 7 heteroatoms. The van der Waals surface area contributed by atoms with Crippen molar-refractivity contribution in [2.24, 2.45) is 0 Å². The number of aliphatic hydroxyl groups excluding tert-OH is 1. The molecule has 0 atom stereocenters. The van der Waals surface area contributed by atoms with Gasteiger partial charge in [-0.15, -0.1) is 0 Å². The van der Waals surface area contributed by atoms with Crippen molar-refractivity contribution in [1.29, 1.82) is 0 Å². The van der Waals surface area contributed by atoms with E-state index in [1.807, 2.05) is 0 Å². The van der Waals surface area contributed by atoms with E-state index in [9.17, 15) is 13.2 Å². The molecule has 0 fully saturated rings. The zero-order chi connectivity index (χ0) is 13.3. The van der Waals surface area contributed by atoms with Crippen LogP contribution in [0.5, 0.6) is 0 Å². The molecule has 2 rings (SSSR count). The number of alkyl halides is 3. The lowest BCUT2D eigenvalue weighted by Gasteiger charge is -2.09. The van der Waals surface area contributed by atoms with Gasteiger partial charge in [0, 0.05) is 10.0 Å². The number of aromatic nitrogens is 2. The number of rotatable bonds is 2. The van der Waals surface area contributed by atoms with Crippen LogP contribution >= 0.6 is 15.9 Å². The van der Waals surface area contributed by atoms with Crippen LogP contribution in [-0.4, -0.2) is 15.1 Å². The largest absolute Gasteiger partial charge is 0.416 e. The van der Waals surface area contributed by atoms with Gasteiger partial charge in [-0.05, 0) is 18.2 Å². The maximum Gasteiger partial charge on any atom is 0.416 e. The SMILES string of the molecule is OCc1cnc(-c2cc(C(F)(F)F)ccc2Br)[nH]1. The van der Waals surface area contributed by atoms with Crippen LogP contribution in [0.4, 0.5) is 13.2 Å². The number of nitrogens with one attached hydrogen (secondary N) is 1. The molecule has 0 bridgehead atoms. The lowest BCUT2D eigenvalue weighted by molar-refractivity contribution is -0.137. The van der Waals surface area contributed by atoms with Crippen LogP contribution in [0.1, 0.15) is 11.3 Å². The highest BCUT2D eigenvalue weighted by atomic mass is 79.9. The van der Waals surface area contributed by atoms with Crippen LogP contribution in [0.2, 0.25) is 0 Å². The van der Waals surface area contributed by atoms with E-state index in [0.29, 0.717) is 15.7 Å². The van der Waals surface area contributed by atoms with Crippen LogP contribution in [0, 0.1) is 0 Å². The first-order chi connectivity index (χ1) is 8.41. The summed E-state index contributed by atoms with van der Waals surface area (Å²) in [6, 6.07) is 3.31. The molecule has 2 N–H and O–H groups in total. The fourth-order valence-corrected chi connectivity index (χ4v) is 1.89. The highest BCUT2D eigenvalue weighted by molar-refractivity contribution is 9.10. The summed E-state index contributed by atoms with van der Waals surface area (Å²) in [5, 5.41) is 8.89. The Kier molecular flexibility index (Phi) is 3.45. The van der Waals surface area contributed by atoms with Gasteiger partial charge in [0.2, 0.25) is 0 Å². The van der Waals surface area contributed by atoms with Crippen molar-refractivity contribution in [3.8, 4) is 11.4 Å². The molecule has 96 valence electrons. The molecule has 0 saturated carbocycles. The van der Waals surface area contributed by atoms with E-state index in [-0.39, 0.29) is 12.4 Å². The Morgan fingerprint density at radius 2 is 2.06 bits per heavy atom. The molecular formula is C11H8BrF3N2O. The number of aromatic amines is 1. The van der Waals surface area contributed by atoms with Crippen LogP contribution in [-0.2, 0) is 12.8 Å². The Morgan fingerprint density at radius 3 is 2.61 bits per heavy atom. The Bertz CT molecular complexity index is 566. The number of imidazole rings is 1. The van der Waals surface area contributed by atoms with Gasteiger partial charge in [0.25, 0.3) is 0 Å². The van der Waals surface area contributed by atoms with Gasteiger partial charge in [-0.3, -0.25) is 0 Å². The average molecular weight is 321 g/mol. The summed E-state index contributed by atoms with van der Waals surface area (Å²) in [5.41, 5.74) is -0.0125. The molecule has 18 heavy (non-hydrogen) atoms. The number of nitrogens with zero attached hydrogens (tertiary/aromatic N) is 1. The van der Waals surface area contributed by atoms with Gasteiger partial charge < -0.3 is 10.1 Å². The monoisotopic (exact) mass is 320 g/mol. The predicted molar refractivity (Wildman–Crippen MR) is 62.6 cm³/mol. The van der Waals surface area contributed by atoms with Gasteiger partial charge in [0.1, 0.15) is 5.82 Å². The summed E-state index contributed by atoms with van der Waals surface area (Å²) in [4.78, 5) is 6.67. The molecule has 2 aromatic rings. The number of aliphatic hydroxyl groups is 1. The Labute approximate surface area is 109 Å². The second kappa shape index (κ2) is 4.74. The number of halogens is 4. The number of H-pyrrole nitrogens is 1. The van der Waals surface area contributed by atoms with Gasteiger partial charge in [-0.2, -0.15) is 13.2 Å². The van der Waals surface area contributed by atoms with Gasteiger partial charge in [-0.25, -0.2) is 4.98 Å². The minimum atomic E-state index is -4.40. The summed E-state index contributed by atoms with van der Waals surface area (Å²) < 4.78 is 38.3. The van der Waals surface area contributed by atoms with Crippen molar-refractivity contribution >= 4 is 15.9 Å². The third-order valence-corrected chi connectivity index (χ3v) is 3.04. The molecule has 0 aliphatic heterocycles. The minimum Gasteiger partial charge on any atom is -0.390 e. The van der Waals surface area contributed by atoms with Crippen LogP contribution < -0.4 is 0 Å². The second-order valence-corrected chi connectivity index (χ2v) is 4.46. The van der Waals surface area contributed by atoms with E-state index in [2.05, 4.69) is 25.9 Å². The molecule has 1 aromatic heterocycles. The molecule has 0 aliphatic carbocycles. The third-order valence-electron chi connectivity index (χ3n) is 2.35. The topological polar surface area (TPSA) is 48.9 Å². The van der Waals surface area contributed by atoms with Gasteiger partial charge in [0.05, 0.1) is 24.1 Å². The van der Waals surface area contributed by atoms with E-state index in [0.717, 1.165) is 12.1 Å². The van der Waals surface area contributed by atoms with Crippen molar-refractivity contribution in [1.82, 2.24) is 9.97 Å². The van der Waals surface area contributed by atoms with Gasteiger partial charge in [0.15, 0.2) is 0 Å². The zero-order valence-electron chi connectivity index (χ0n) is 8.92. The first kappa shape index (κ1) is 13.1. The summed E-state index contributed by atoms with van der Waals surface area (Å²) >= 11 is 3.18. The second-order valence-electron chi connectivity index (χ2n) is 3.61. The average Bonchev–Trinajstić information content (AvgIpc) is 2.76. The standard InChI is InChI=1S/C11H8BrF3N2O/c12-9-2-1-6(11(13,14)15)3-8(9)10-16-4-7(5-18)17-10/h1-4,18H,5H2,(H,16,17). The van der Waals surface area contributed by atoms with E-state index >= 15 is 0 Å². The lowest BCUT2D eigenvalue weighted by atomic mass is 10.1. The highest BCUT2D eigenvalue weighted by Gasteiger charge is 2.31. The Balaban J connectivity index is 2.49. The molecule has 1 heterocycles. The molecule has 0 aliphatic rings. The summed E-state index contributed by atoms with van der Waals surface area (Å²) in [6.07, 6.45) is -3.02. The first-order valence-electron chi connectivity index (χ1n) is 4.93. The van der Waals surface area contributed by atoms with Gasteiger partial charge >= 0.3 is 6.18 Å². The lowest BCUT2D eigenvalue weighted by Crippen LogP contribution is -2.05. The summed E-state index contributed by atoms with van der Waals surface area (Å²) in [7, 11) is 0. The van der Waals surface area contributed by atoms with Crippen molar-refractivity contribution in [3.05, 3.63) is 40.1 Å². The van der Waals surface area contributed by atoms with E-state index < -0.39 is 11.7 Å². The minimum absolute atomic E-state index is 0.246. The Morgan fingerprint density at radius 1 is 1.33 bits per heavy atom. The van der Waals surface area contributed by atoms with Gasteiger partial charge in [-0.1, -0.05) is 15.9 Å². The maximum absolute atomic E-state index is 12.6. The van der Waals surface area contributed by atoms with Crippen molar-refractivity contribution < 1.29 is 18.3 Å². The zero-order valence-corrected chi connectivity index (χ0v) is 10.5. The molecular weight excluding hydrogens is 313 g/mol. The normalized spacial score (nSPS) is 11.8. The fraction of sp³-hybridized carbons (Fsp3) is 0.182. The number of hydrogen-bond donors (Lipinski definition) is 2. The molecule has 0 saturated heterocycles. The quantitative estimate of drug-likeness (QED) is 0.891. The molecule has 0 spiro atoms.